The van der Waals surface area contributed by atoms with Crippen molar-refractivity contribution in [3.8, 4) is 0 Å². The molecule has 6 heteroatoms. The van der Waals surface area contributed by atoms with Gasteiger partial charge in [0.05, 0.1) is 17.5 Å². The van der Waals surface area contributed by atoms with Gasteiger partial charge in [0.1, 0.15) is 0 Å². The molecule has 1 amide bonds. The second-order valence-electron chi connectivity index (χ2n) is 4.95. The van der Waals surface area contributed by atoms with Crippen molar-refractivity contribution in [2.45, 2.75) is 39.3 Å². The molecule has 0 spiro atoms. The standard InChI is InChI=1S/C11H22N2O3S/c1-4-13(11(14)10(12)8(2)3)9-5-6-17(15,16)7-9/h8-10H,4-7,12H2,1-3H3/t9?,10-/m1/s1. The van der Waals surface area contributed by atoms with Gasteiger partial charge >= 0.3 is 0 Å². The number of likely N-dealkylation sites (N-methyl/N-ethyl adjacent to an activating group) is 1. The van der Waals surface area contributed by atoms with E-state index in [1.165, 1.54) is 0 Å². The summed E-state index contributed by atoms with van der Waals surface area (Å²) in [4.78, 5) is 13.7. The highest BCUT2D eigenvalue weighted by Crippen LogP contribution is 2.19. The maximum atomic E-state index is 12.1. The molecule has 0 radical (unpaired) electrons. The number of nitrogens with zero attached hydrogens (tertiary/aromatic N) is 1. The molecule has 1 unspecified atom stereocenters. The molecule has 5 nitrogen and oxygen atoms in total. The molecule has 1 fully saturated rings. The van der Waals surface area contributed by atoms with Crippen LogP contribution in [-0.2, 0) is 14.6 Å². The number of hydrogen-bond acceptors (Lipinski definition) is 4. The van der Waals surface area contributed by atoms with Crippen LogP contribution in [0.15, 0.2) is 0 Å². The molecule has 0 saturated carbocycles. The van der Waals surface area contributed by atoms with Gasteiger partial charge in [0, 0.05) is 12.6 Å². The third-order valence-electron chi connectivity index (χ3n) is 3.28. The van der Waals surface area contributed by atoms with E-state index < -0.39 is 15.9 Å². The lowest BCUT2D eigenvalue weighted by molar-refractivity contribution is -0.135. The van der Waals surface area contributed by atoms with Crippen molar-refractivity contribution in [2.75, 3.05) is 18.1 Å². The maximum Gasteiger partial charge on any atom is 0.240 e. The van der Waals surface area contributed by atoms with Gasteiger partial charge in [-0.2, -0.15) is 0 Å². The van der Waals surface area contributed by atoms with Crippen molar-refractivity contribution in [1.82, 2.24) is 4.90 Å². The minimum atomic E-state index is -2.96. The van der Waals surface area contributed by atoms with Crippen molar-refractivity contribution in [1.29, 1.82) is 0 Å². The zero-order valence-corrected chi connectivity index (χ0v) is 11.5. The van der Waals surface area contributed by atoms with Gasteiger partial charge < -0.3 is 10.6 Å². The van der Waals surface area contributed by atoms with Crippen LogP contribution in [-0.4, -0.2) is 49.4 Å². The van der Waals surface area contributed by atoms with Gasteiger partial charge in [-0.25, -0.2) is 8.42 Å². The molecule has 17 heavy (non-hydrogen) atoms. The second-order valence-corrected chi connectivity index (χ2v) is 7.18. The first kappa shape index (κ1) is 14.4. The Hall–Kier alpha value is -0.620. The van der Waals surface area contributed by atoms with Gasteiger partial charge in [-0.3, -0.25) is 4.79 Å². The van der Waals surface area contributed by atoms with Gasteiger partial charge in [0.25, 0.3) is 0 Å². The number of sulfone groups is 1. The van der Waals surface area contributed by atoms with Crippen LogP contribution < -0.4 is 5.73 Å². The van der Waals surface area contributed by atoms with Gasteiger partial charge in [0.2, 0.25) is 5.91 Å². The molecular formula is C11H22N2O3S. The molecule has 0 aromatic carbocycles. The summed E-state index contributed by atoms with van der Waals surface area (Å²) in [6.07, 6.45) is 0.534. The molecule has 0 bridgehead atoms. The van der Waals surface area contributed by atoms with Crippen LogP contribution in [0.1, 0.15) is 27.2 Å². The molecule has 0 aliphatic carbocycles. The molecule has 1 heterocycles. The molecular weight excluding hydrogens is 240 g/mol. The Balaban J connectivity index is 2.76. The molecule has 2 N–H and O–H groups in total. The summed E-state index contributed by atoms with van der Waals surface area (Å²) in [7, 11) is -2.96. The summed E-state index contributed by atoms with van der Waals surface area (Å²) < 4.78 is 22.8. The summed E-state index contributed by atoms with van der Waals surface area (Å²) in [6.45, 7) is 6.15. The van der Waals surface area contributed by atoms with Gasteiger partial charge in [-0.15, -0.1) is 0 Å². The number of amides is 1. The van der Waals surface area contributed by atoms with Crippen LogP contribution >= 0.6 is 0 Å². The van der Waals surface area contributed by atoms with Crippen LogP contribution in [0, 0.1) is 5.92 Å². The Morgan fingerprint density at radius 2 is 2.06 bits per heavy atom. The van der Waals surface area contributed by atoms with E-state index >= 15 is 0 Å². The third kappa shape index (κ3) is 3.42. The van der Waals surface area contributed by atoms with Gasteiger partial charge in [0.15, 0.2) is 9.84 Å². The van der Waals surface area contributed by atoms with Crippen molar-refractivity contribution in [2.24, 2.45) is 11.7 Å². The summed E-state index contributed by atoms with van der Waals surface area (Å²) in [6, 6.07) is -0.736. The average Bonchev–Trinajstić information content (AvgIpc) is 2.58. The molecule has 100 valence electrons. The second kappa shape index (κ2) is 5.35. The Labute approximate surface area is 103 Å². The zero-order valence-electron chi connectivity index (χ0n) is 10.7. The molecule has 1 rings (SSSR count). The fourth-order valence-electron chi connectivity index (χ4n) is 2.09. The zero-order chi connectivity index (χ0) is 13.2. The van der Waals surface area contributed by atoms with Gasteiger partial charge in [-0.05, 0) is 19.3 Å². The van der Waals surface area contributed by atoms with E-state index in [0.717, 1.165) is 0 Å². The topological polar surface area (TPSA) is 80.5 Å². The summed E-state index contributed by atoms with van der Waals surface area (Å²) in [5.74, 6) is 0.189. The van der Waals surface area contributed by atoms with Crippen LogP contribution in [0.5, 0.6) is 0 Å². The lowest BCUT2D eigenvalue weighted by atomic mass is 10.0. The van der Waals surface area contributed by atoms with Crippen LogP contribution in [0.25, 0.3) is 0 Å². The Morgan fingerprint density at radius 1 is 1.47 bits per heavy atom. The number of nitrogens with two attached hydrogens (primary N) is 1. The fourth-order valence-corrected chi connectivity index (χ4v) is 3.82. The lowest BCUT2D eigenvalue weighted by Gasteiger charge is -2.30. The summed E-state index contributed by atoms with van der Waals surface area (Å²) in [5, 5.41) is 0. The maximum absolute atomic E-state index is 12.1. The monoisotopic (exact) mass is 262 g/mol. The van der Waals surface area contributed by atoms with Crippen LogP contribution in [0.3, 0.4) is 0 Å². The Kier molecular flexibility index (Phi) is 4.55. The summed E-state index contributed by atoms with van der Waals surface area (Å²) in [5.41, 5.74) is 5.83. The average molecular weight is 262 g/mol. The van der Waals surface area contributed by atoms with E-state index in [4.69, 9.17) is 5.73 Å². The van der Waals surface area contributed by atoms with Crippen LogP contribution in [0.2, 0.25) is 0 Å². The first-order valence-electron chi connectivity index (χ1n) is 6.05. The molecule has 2 atom stereocenters. The highest BCUT2D eigenvalue weighted by molar-refractivity contribution is 7.91. The number of carbonyl (C=O) groups excluding carboxylic acids is 1. The number of rotatable bonds is 4. The Morgan fingerprint density at radius 3 is 2.41 bits per heavy atom. The highest BCUT2D eigenvalue weighted by atomic mass is 32.2. The first-order valence-corrected chi connectivity index (χ1v) is 7.87. The van der Waals surface area contributed by atoms with Crippen molar-refractivity contribution in [3.05, 3.63) is 0 Å². The molecule has 1 aliphatic rings. The van der Waals surface area contributed by atoms with E-state index in [1.807, 2.05) is 20.8 Å². The predicted octanol–water partition coefficient (Wildman–Crippen LogP) is 0.00530. The van der Waals surface area contributed by atoms with Crippen molar-refractivity contribution < 1.29 is 13.2 Å². The van der Waals surface area contributed by atoms with Crippen molar-refractivity contribution in [3.63, 3.8) is 0 Å². The normalized spacial score (nSPS) is 24.9. The first-order chi connectivity index (χ1) is 7.78. The molecule has 0 aromatic rings. The molecule has 1 aliphatic heterocycles. The predicted molar refractivity (Wildman–Crippen MR) is 67.3 cm³/mol. The SMILES string of the molecule is CCN(C(=O)[C@H](N)C(C)C)C1CCS(=O)(=O)C1. The smallest absolute Gasteiger partial charge is 0.240 e. The minimum absolute atomic E-state index is 0.0644. The van der Waals surface area contributed by atoms with Gasteiger partial charge in [-0.1, -0.05) is 13.8 Å². The summed E-state index contributed by atoms with van der Waals surface area (Å²) >= 11 is 0. The van der Waals surface area contributed by atoms with E-state index in [2.05, 4.69) is 0 Å². The largest absolute Gasteiger partial charge is 0.338 e. The molecule has 0 aromatic heterocycles. The number of carbonyl (C=O) groups is 1. The Bertz CT molecular complexity index is 378. The quantitative estimate of drug-likeness (QED) is 0.773. The van der Waals surface area contributed by atoms with E-state index in [9.17, 15) is 13.2 Å². The highest BCUT2D eigenvalue weighted by Gasteiger charge is 2.35. The minimum Gasteiger partial charge on any atom is -0.338 e. The third-order valence-corrected chi connectivity index (χ3v) is 5.03. The molecule has 1 saturated heterocycles. The van der Waals surface area contributed by atoms with E-state index in [1.54, 1.807) is 4.90 Å². The lowest BCUT2D eigenvalue weighted by Crippen LogP contribution is -2.50. The van der Waals surface area contributed by atoms with E-state index in [0.29, 0.717) is 13.0 Å². The fraction of sp³-hybridized carbons (Fsp3) is 0.909. The van der Waals surface area contributed by atoms with Crippen molar-refractivity contribution >= 4 is 15.7 Å². The number of hydrogen-bond donors (Lipinski definition) is 1. The van der Waals surface area contributed by atoms with Crippen LogP contribution in [0.4, 0.5) is 0 Å². The van der Waals surface area contributed by atoms with E-state index in [-0.39, 0.29) is 29.4 Å².